The third-order valence-electron chi connectivity index (χ3n) is 2.08. The molecule has 4 N–H and O–H groups in total. The van der Waals surface area contributed by atoms with E-state index in [9.17, 15) is 8.78 Å². The van der Waals surface area contributed by atoms with Crippen LogP contribution in [0.4, 0.5) is 26.2 Å². The summed E-state index contributed by atoms with van der Waals surface area (Å²) in [6, 6.07) is 4.09. The third kappa shape index (κ3) is 2.47. The van der Waals surface area contributed by atoms with Gasteiger partial charge in [-0.1, -0.05) is 17.7 Å². The molecule has 1 heterocycles. The lowest BCUT2D eigenvalue weighted by Crippen LogP contribution is -2.12. The molecule has 0 spiro atoms. The Balaban J connectivity index is 2.39. The van der Waals surface area contributed by atoms with Crippen LogP contribution < -0.4 is 16.6 Å². The van der Waals surface area contributed by atoms with E-state index in [1.165, 1.54) is 18.2 Å². The van der Waals surface area contributed by atoms with Crippen molar-refractivity contribution in [2.45, 2.75) is 0 Å². The average molecular weight is 272 g/mol. The zero-order valence-electron chi connectivity index (χ0n) is 8.92. The second kappa shape index (κ2) is 5.11. The smallest absolute Gasteiger partial charge is 0.239 e. The highest BCUT2D eigenvalue weighted by Crippen LogP contribution is 2.28. The molecule has 0 fully saturated rings. The van der Waals surface area contributed by atoms with Crippen LogP contribution in [0, 0.1) is 11.6 Å². The Hall–Kier alpha value is -1.99. The van der Waals surface area contributed by atoms with Crippen molar-refractivity contribution in [1.29, 1.82) is 0 Å². The maximum atomic E-state index is 13.5. The van der Waals surface area contributed by atoms with Crippen molar-refractivity contribution in [3.8, 4) is 0 Å². The summed E-state index contributed by atoms with van der Waals surface area (Å²) in [5, 5.41) is 2.56. The van der Waals surface area contributed by atoms with Crippen molar-refractivity contribution in [3.63, 3.8) is 0 Å². The molecule has 0 amide bonds. The van der Waals surface area contributed by atoms with E-state index in [2.05, 4.69) is 20.7 Å². The zero-order valence-corrected chi connectivity index (χ0v) is 9.67. The third-order valence-corrected chi connectivity index (χ3v) is 2.39. The number of para-hydroxylation sites is 1. The highest BCUT2D eigenvalue weighted by Gasteiger charge is 2.12. The lowest BCUT2D eigenvalue weighted by atomic mass is 10.3. The first-order valence-electron chi connectivity index (χ1n) is 4.82. The van der Waals surface area contributed by atoms with E-state index in [4.69, 9.17) is 17.4 Å². The molecule has 0 aliphatic carbocycles. The van der Waals surface area contributed by atoms with Gasteiger partial charge in [0.1, 0.15) is 5.82 Å². The summed E-state index contributed by atoms with van der Waals surface area (Å²) >= 11 is 5.80. The minimum Gasteiger partial charge on any atom is -0.334 e. The summed E-state index contributed by atoms with van der Waals surface area (Å²) in [5.41, 5.74) is 2.08. The van der Waals surface area contributed by atoms with Gasteiger partial charge in [-0.25, -0.2) is 19.6 Å². The maximum Gasteiger partial charge on any atom is 0.239 e. The van der Waals surface area contributed by atoms with Crippen molar-refractivity contribution in [2.24, 2.45) is 5.84 Å². The molecule has 0 atom stereocenters. The largest absolute Gasteiger partial charge is 0.334 e. The van der Waals surface area contributed by atoms with Crippen LogP contribution in [0.15, 0.2) is 24.4 Å². The Morgan fingerprint density at radius 2 is 2.00 bits per heavy atom. The highest BCUT2D eigenvalue weighted by molar-refractivity contribution is 6.33. The number of hydrogen-bond acceptors (Lipinski definition) is 5. The quantitative estimate of drug-likeness (QED) is 0.590. The number of anilines is 3. The number of benzene rings is 1. The molecule has 8 heteroatoms. The van der Waals surface area contributed by atoms with Gasteiger partial charge < -0.3 is 5.32 Å². The van der Waals surface area contributed by atoms with E-state index in [0.29, 0.717) is 0 Å². The SMILES string of the molecule is NNc1ncc(F)c(Nc2c(F)cccc2Cl)n1. The summed E-state index contributed by atoms with van der Waals surface area (Å²) < 4.78 is 26.9. The number of nitrogens with zero attached hydrogens (tertiary/aromatic N) is 2. The van der Waals surface area contributed by atoms with Crippen molar-refractivity contribution in [2.75, 3.05) is 10.7 Å². The summed E-state index contributed by atoms with van der Waals surface area (Å²) in [6.07, 6.45) is 0.902. The number of nitrogen functional groups attached to an aromatic ring is 1. The molecule has 94 valence electrons. The number of nitrogens with two attached hydrogens (primary N) is 1. The lowest BCUT2D eigenvalue weighted by molar-refractivity contribution is 0.616. The molecule has 0 saturated carbocycles. The molecule has 2 aromatic rings. The molecular formula is C10H8ClF2N5. The molecule has 0 aliphatic heterocycles. The Bertz CT molecular complexity index is 558. The van der Waals surface area contributed by atoms with Gasteiger partial charge in [0.25, 0.3) is 0 Å². The predicted octanol–water partition coefficient (Wildman–Crippen LogP) is 2.44. The van der Waals surface area contributed by atoms with Crippen molar-refractivity contribution >= 4 is 29.1 Å². The van der Waals surface area contributed by atoms with E-state index in [-0.39, 0.29) is 22.5 Å². The molecule has 0 bridgehead atoms. The fraction of sp³-hybridized carbons (Fsp3) is 0. The zero-order chi connectivity index (χ0) is 13.1. The second-order valence-electron chi connectivity index (χ2n) is 3.26. The normalized spacial score (nSPS) is 10.2. The molecule has 2 rings (SSSR count). The van der Waals surface area contributed by atoms with Gasteiger partial charge in [0.15, 0.2) is 11.6 Å². The number of rotatable bonds is 3. The predicted molar refractivity (Wildman–Crippen MR) is 64.5 cm³/mol. The molecule has 1 aromatic carbocycles. The van der Waals surface area contributed by atoms with Gasteiger partial charge in [-0.15, -0.1) is 0 Å². The Morgan fingerprint density at radius 3 is 2.67 bits per heavy atom. The van der Waals surface area contributed by atoms with Gasteiger partial charge in [-0.3, -0.25) is 5.43 Å². The first-order valence-corrected chi connectivity index (χ1v) is 5.20. The lowest BCUT2D eigenvalue weighted by Gasteiger charge is -2.10. The molecule has 1 aromatic heterocycles. The van der Waals surface area contributed by atoms with Crippen molar-refractivity contribution < 1.29 is 8.78 Å². The summed E-state index contributed by atoms with van der Waals surface area (Å²) in [5.74, 6) is 3.48. The van der Waals surface area contributed by atoms with Gasteiger partial charge in [0.2, 0.25) is 5.95 Å². The van der Waals surface area contributed by atoms with Crippen LogP contribution >= 0.6 is 11.6 Å². The van der Waals surface area contributed by atoms with Gasteiger partial charge >= 0.3 is 0 Å². The summed E-state index contributed by atoms with van der Waals surface area (Å²) in [4.78, 5) is 7.26. The van der Waals surface area contributed by atoms with Gasteiger partial charge in [0.05, 0.1) is 16.9 Å². The molecule has 0 radical (unpaired) electrons. The number of hydrazine groups is 1. The van der Waals surface area contributed by atoms with Crippen LogP contribution in [-0.4, -0.2) is 9.97 Å². The fourth-order valence-corrected chi connectivity index (χ4v) is 1.47. The molecular weight excluding hydrogens is 264 g/mol. The van der Waals surface area contributed by atoms with Crippen LogP contribution in [0.25, 0.3) is 0 Å². The first-order chi connectivity index (χ1) is 8.61. The Morgan fingerprint density at radius 1 is 1.22 bits per heavy atom. The van der Waals surface area contributed by atoms with Crippen molar-refractivity contribution in [1.82, 2.24) is 9.97 Å². The number of aromatic nitrogens is 2. The van der Waals surface area contributed by atoms with Crippen LogP contribution in [0.3, 0.4) is 0 Å². The highest BCUT2D eigenvalue weighted by atomic mass is 35.5. The van der Waals surface area contributed by atoms with E-state index in [0.717, 1.165) is 6.20 Å². The molecule has 18 heavy (non-hydrogen) atoms. The Labute approximate surface area is 106 Å². The molecule has 0 unspecified atom stereocenters. The van der Waals surface area contributed by atoms with Crippen molar-refractivity contribution in [3.05, 3.63) is 41.1 Å². The fourth-order valence-electron chi connectivity index (χ4n) is 1.26. The molecule has 5 nitrogen and oxygen atoms in total. The summed E-state index contributed by atoms with van der Waals surface area (Å²) in [6.45, 7) is 0. The van der Waals surface area contributed by atoms with Gasteiger partial charge in [-0.2, -0.15) is 4.98 Å². The minimum absolute atomic E-state index is 0.00800. The van der Waals surface area contributed by atoms with Crippen LogP contribution in [0.2, 0.25) is 5.02 Å². The first kappa shape index (κ1) is 12.5. The molecule has 0 saturated heterocycles. The van der Waals surface area contributed by atoms with Gasteiger partial charge in [0, 0.05) is 0 Å². The van der Waals surface area contributed by atoms with E-state index >= 15 is 0 Å². The van der Waals surface area contributed by atoms with E-state index in [1.54, 1.807) is 0 Å². The minimum atomic E-state index is -0.756. The van der Waals surface area contributed by atoms with Crippen LogP contribution in [0.5, 0.6) is 0 Å². The van der Waals surface area contributed by atoms with E-state index < -0.39 is 11.6 Å². The Kier molecular flexibility index (Phi) is 3.54. The van der Waals surface area contributed by atoms with Gasteiger partial charge in [-0.05, 0) is 12.1 Å². The average Bonchev–Trinajstić information content (AvgIpc) is 2.36. The van der Waals surface area contributed by atoms with Crippen LogP contribution in [-0.2, 0) is 0 Å². The number of halogens is 3. The number of hydrogen-bond donors (Lipinski definition) is 3. The standard InChI is InChI=1S/C10H8ClF2N5/c11-5-2-1-3-6(12)8(5)16-9-7(13)4-15-10(17-9)18-14/h1-4H,14H2,(H2,15,16,17,18). The monoisotopic (exact) mass is 271 g/mol. The number of nitrogens with one attached hydrogen (secondary N) is 2. The summed E-state index contributed by atoms with van der Waals surface area (Å²) in [7, 11) is 0. The topological polar surface area (TPSA) is 75.9 Å². The maximum absolute atomic E-state index is 13.5. The molecule has 0 aliphatic rings. The van der Waals surface area contributed by atoms with Crippen LogP contribution in [0.1, 0.15) is 0 Å². The second-order valence-corrected chi connectivity index (χ2v) is 3.66. The van der Waals surface area contributed by atoms with E-state index in [1.807, 2.05) is 0 Å².